The van der Waals surface area contributed by atoms with E-state index in [0.29, 0.717) is 63.8 Å². The van der Waals surface area contributed by atoms with Crippen LogP contribution >= 0.6 is 23.2 Å². The molecule has 0 spiro atoms. The molecule has 5 aromatic rings. The Balaban J connectivity index is 1.26. The predicted molar refractivity (Wildman–Crippen MR) is 195 cm³/mol. The second-order valence-electron chi connectivity index (χ2n) is 14.5. The molecule has 3 aromatic heterocycles. The van der Waals surface area contributed by atoms with E-state index < -0.39 is 5.82 Å². The van der Waals surface area contributed by atoms with Crippen LogP contribution in [0.3, 0.4) is 0 Å². The summed E-state index contributed by atoms with van der Waals surface area (Å²) in [5.74, 6) is 0.379. The molecule has 5 atom stereocenters. The summed E-state index contributed by atoms with van der Waals surface area (Å²) in [5, 5.41) is 25.1. The van der Waals surface area contributed by atoms with Crippen molar-refractivity contribution >= 4 is 50.9 Å². The summed E-state index contributed by atoms with van der Waals surface area (Å²) in [6.07, 6.45) is 5.00. The van der Waals surface area contributed by atoms with Crippen LogP contribution < -0.4 is 10.1 Å². The number of hydrogen-bond donors (Lipinski definition) is 1. The highest BCUT2D eigenvalue weighted by molar-refractivity contribution is 6.43. The second-order valence-corrected chi connectivity index (χ2v) is 15.3. The van der Waals surface area contributed by atoms with Gasteiger partial charge in [0.25, 0.3) is 0 Å². The maximum atomic E-state index is 17.2. The molecule has 12 heteroatoms. The number of amides is 1. The molecule has 3 saturated heterocycles. The first-order valence-electron chi connectivity index (χ1n) is 17.8. The highest BCUT2D eigenvalue weighted by atomic mass is 35.5. The number of aromatic nitrogens is 3. The Labute approximate surface area is 309 Å². The van der Waals surface area contributed by atoms with Gasteiger partial charge in [0.15, 0.2) is 17.3 Å². The molecule has 3 aliphatic heterocycles. The molecule has 2 aliphatic carbocycles. The van der Waals surface area contributed by atoms with Crippen molar-refractivity contribution in [2.75, 3.05) is 13.1 Å². The summed E-state index contributed by atoms with van der Waals surface area (Å²) < 4.78 is 26.0. The molecule has 2 saturated carbocycles. The second kappa shape index (κ2) is 12.7. The van der Waals surface area contributed by atoms with Crippen LogP contribution in [0.1, 0.15) is 66.8 Å². The smallest absolute Gasteiger partial charge is 0.226 e. The maximum Gasteiger partial charge on any atom is 0.226 e. The van der Waals surface area contributed by atoms with Crippen LogP contribution in [-0.2, 0) is 11.2 Å². The van der Waals surface area contributed by atoms with E-state index in [1.54, 1.807) is 36.5 Å². The lowest BCUT2D eigenvalue weighted by atomic mass is 9.79. The molecule has 0 radical (unpaired) electrons. The van der Waals surface area contributed by atoms with Gasteiger partial charge in [-0.25, -0.2) is 14.4 Å². The first-order chi connectivity index (χ1) is 25.3. The number of carbonyl (C=O) groups excluding carboxylic acids is 1. The van der Waals surface area contributed by atoms with Gasteiger partial charge in [0.2, 0.25) is 5.91 Å². The summed E-state index contributed by atoms with van der Waals surface area (Å²) in [5.41, 5.74) is 4.37. The Bertz CT molecular complexity index is 2380. The maximum absolute atomic E-state index is 17.2. The van der Waals surface area contributed by atoms with E-state index in [1.807, 2.05) is 17.9 Å². The van der Waals surface area contributed by atoms with Crippen molar-refractivity contribution in [2.45, 2.75) is 69.7 Å². The normalized spacial score (nSPS) is 23.5. The number of nitrogens with one attached hydrogen (secondary N) is 1. The van der Waals surface area contributed by atoms with Crippen LogP contribution in [0.5, 0.6) is 5.75 Å². The van der Waals surface area contributed by atoms with Gasteiger partial charge in [-0.3, -0.25) is 4.79 Å². The fourth-order valence-electron chi connectivity index (χ4n) is 8.82. The summed E-state index contributed by atoms with van der Waals surface area (Å²) in [6.45, 7) is 3.17. The van der Waals surface area contributed by atoms with Gasteiger partial charge in [0.1, 0.15) is 17.7 Å². The lowest BCUT2D eigenvalue weighted by Crippen LogP contribution is -2.41. The lowest BCUT2D eigenvalue weighted by Gasteiger charge is -2.39. The fraction of sp³-hybridized carbons (Fsp3) is 0.375. The number of aryl methyl sites for hydroxylation is 2. The zero-order valence-corrected chi connectivity index (χ0v) is 29.9. The number of fused-ring (bicyclic) bond motifs is 4. The summed E-state index contributed by atoms with van der Waals surface area (Å²) in [7, 11) is 0. The minimum Gasteiger partial charge on any atom is -0.485 e. The SMILES string of the molecule is Cc1nc2c(F)c(-c3cccc(Cl)c3Cl)c(CCC#N)cc2c2c1cc(C1CC(Oc3cccnc3C#N)CN1C(=O)C1CC1)n2C1C2CNC1C2. The van der Waals surface area contributed by atoms with Crippen molar-refractivity contribution in [3.63, 3.8) is 0 Å². The van der Waals surface area contributed by atoms with Crippen molar-refractivity contribution in [3.05, 3.63) is 87.2 Å². The number of halogens is 3. The number of benzene rings is 2. The van der Waals surface area contributed by atoms with Gasteiger partial charge < -0.3 is 19.5 Å². The first-order valence-corrected chi connectivity index (χ1v) is 18.6. The van der Waals surface area contributed by atoms with Gasteiger partial charge in [-0.1, -0.05) is 35.3 Å². The van der Waals surface area contributed by atoms with Crippen molar-refractivity contribution in [1.82, 2.24) is 24.8 Å². The average Bonchev–Trinajstić information content (AvgIpc) is 3.43. The third-order valence-corrected chi connectivity index (χ3v) is 12.2. The molecule has 262 valence electrons. The molecular formula is C40H34Cl2FN7O2. The third-order valence-electron chi connectivity index (χ3n) is 11.4. The number of carbonyl (C=O) groups is 1. The molecule has 1 amide bonds. The van der Waals surface area contributed by atoms with Crippen LogP contribution in [0.2, 0.25) is 10.0 Å². The van der Waals surface area contributed by atoms with Gasteiger partial charge in [0.05, 0.1) is 40.3 Å². The van der Waals surface area contributed by atoms with E-state index in [2.05, 4.69) is 33.1 Å². The molecule has 10 rings (SSSR count). The van der Waals surface area contributed by atoms with Crippen molar-refractivity contribution in [3.8, 4) is 29.0 Å². The van der Waals surface area contributed by atoms with Gasteiger partial charge in [-0.05, 0) is 74.4 Å². The number of ether oxygens (including phenoxy) is 1. The molecule has 1 N–H and O–H groups in total. The van der Waals surface area contributed by atoms with Gasteiger partial charge >= 0.3 is 0 Å². The van der Waals surface area contributed by atoms with E-state index >= 15 is 4.39 Å². The van der Waals surface area contributed by atoms with Crippen LogP contribution in [-0.4, -0.2) is 50.6 Å². The number of nitrogens with zero attached hydrogens (tertiary/aromatic N) is 6. The summed E-state index contributed by atoms with van der Waals surface area (Å²) >= 11 is 13.1. The average molecular weight is 735 g/mol. The topological polar surface area (TPSA) is 120 Å². The van der Waals surface area contributed by atoms with Gasteiger partial charge in [-0.2, -0.15) is 10.5 Å². The monoisotopic (exact) mass is 733 g/mol. The Morgan fingerprint density at radius 2 is 1.98 bits per heavy atom. The summed E-state index contributed by atoms with van der Waals surface area (Å²) in [4.78, 5) is 25.0. The number of rotatable bonds is 8. The molecular weight excluding hydrogens is 700 g/mol. The Morgan fingerprint density at radius 3 is 2.71 bits per heavy atom. The number of nitriles is 2. The van der Waals surface area contributed by atoms with Crippen molar-refractivity contribution in [2.24, 2.45) is 11.8 Å². The molecule has 9 nitrogen and oxygen atoms in total. The Hall–Kier alpha value is -4.74. The van der Waals surface area contributed by atoms with E-state index in [9.17, 15) is 15.3 Å². The van der Waals surface area contributed by atoms with Crippen LogP contribution in [0, 0.1) is 47.2 Å². The highest BCUT2D eigenvalue weighted by Crippen LogP contribution is 2.51. The summed E-state index contributed by atoms with van der Waals surface area (Å²) in [6, 6.07) is 17.1. The lowest BCUT2D eigenvalue weighted by molar-refractivity contribution is -0.133. The number of pyridine rings is 2. The van der Waals surface area contributed by atoms with Crippen molar-refractivity contribution < 1.29 is 13.9 Å². The molecule has 2 aromatic carbocycles. The molecule has 6 heterocycles. The molecule has 2 bridgehead atoms. The van der Waals surface area contributed by atoms with E-state index in [4.69, 9.17) is 32.9 Å². The zero-order valence-electron chi connectivity index (χ0n) is 28.4. The molecule has 5 aliphatic rings. The molecule has 5 unspecified atom stereocenters. The quantitative estimate of drug-likeness (QED) is 0.172. The largest absolute Gasteiger partial charge is 0.485 e. The third kappa shape index (κ3) is 5.23. The van der Waals surface area contributed by atoms with E-state index in [0.717, 1.165) is 42.4 Å². The Morgan fingerprint density at radius 1 is 1.13 bits per heavy atom. The predicted octanol–water partition coefficient (Wildman–Crippen LogP) is 8.00. The Kier molecular flexibility index (Phi) is 8.11. The van der Waals surface area contributed by atoms with E-state index in [1.165, 1.54) is 0 Å². The zero-order chi connectivity index (χ0) is 35.8. The van der Waals surface area contributed by atoms with Crippen LogP contribution in [0.25, 0.3) is 32.9 Å². The fourth-order valence-corrected chi connectivity index (χ4v) is 9.21. The van der Waals surface area contributed by atoms with Crippen molar-refractivity contribution in [1.29, 1.82) is 10.5 Å². The van der Waals surface area contributed by atoms with Gasteiger partial charge in [-0.15, -0.1) is 0 Å². The number of likely N-dealkylation sites (tertiary alicyclic amines) is 1. The standard InChI is InChI=1S/C40H34Cl2FN7O2/c1-20-26-16-32(31-15-24(19-49(31)40(51)21-9-10-21)52-33-8-4-12-46-30(33)17-45)50(38-23-14-29(38)47-18-23)39(26)27-13-22(5-3-11-44)34(36(43)37(27)48-20)25-6-2-7-28(41)35(25)42/h2,4,6-8,12-13,16,21,23-24,29,31,38,47H,3,5,9-10,14-15,18-19H2,1H3. The van der Waals surface area contributed by atoms with E-state index in [-0.39, 0.29) is 58.7 Å². The molecule has 5 fully saturated rings. The highest BCUT2D eigenvalue weighted by Gasteiger charge is 2.51. The minimum absolute atomic E-state index is 0.00792. The van der Waals surface area contributed by atoms with Crippen LogP contribution in [0.4, 0.5) is 4.39 Å². The minimum atomic E-state index is -0.506. The molecule has 52 heavy (non-hydrogen) atoms. The first kappa shape index (κ1) is 33.1. The van der Waals surface area contributed by atoms with Crippen LogP contribution in [0.15, 0.2) is 48.7 Å². The number of hydrogen-bond acceptors (Lipinski definition) is 7. The van der Waals surface area contributed by atoms with Gasteiger partial charge in [0, 0.05) is 70.8 Å².